The zero-order chi connectivity index (χ0) is 9.56. The summed E-state index contributed by atoms with van der Waals surface area (Å²) in [6, 6.07) is 0. The summed E-state index contributed by atoms with van der Waals surface area (Å²) in [7, 11) is 0. The fourth-order valence-corrected chi connectivity index (χ4v) is 0.810. The Labute approximate surface area is 73.7 Å². The standard InChI is InChI=1S/C9H18O3/c1-4-8(9(10)11)12-6-5-7(2)3/h7-8H,4-6H2,1-3H3,(H,10,11). The number of carboxylic acid groups (broad SMARTS) is 1. The first-order valence-electron chi connectivity index (χ1n) is 4.42. The number of hydrogen-bond acceptors (Lipinski definition) is 2. The number of ether oxygens (including phenoxy) is 1. The third-order valence-corrected chi connectivity index (χ3v) is 1.66. The molecule has 0 radical (unpaired) electrons. The van der Waals surface area contributed by atoms with Crippen molar-refractivity contribution < 1.29 is 14.6 Å². The van der Waals surface area contributed by atoms with Gasteiger partial charge in [0.05, 0.1) is 0 Å². The van der Waals surface area contributed by atoms with Gasteiger partial charge in [-0.25, -0.2) is 4.79 Å². The van der Waals surface area contributed by atoms with Crippen molar-refractivity contribution in [3.05, 3.63) is 0 Å². The van der Waals surface area contributed by atoms with Crippen molar-refractivity contribution in [2.75, 3.05) is 6.61 Å². The van der Waals surface area contributed by atoms with Crippen LogP contribution in [0.3, 0.4) is 0 Å². The third-order valence-electron chi connectivity index (χ3n) is 1.66. The highest BCUT2D eigenvalue weighted by molar-refractivity contribution is 5.72. The maximum atomic E-state index is 10.5. The van der Waals surface area contributed by atoms with Gasteiger partial charge in [-0.15, -0.1) is 0 Å². The lowest BCUT2D eigenvalue weighted by molar-refractivity contribution is -0.150. The molecule has 1 N–H and O–H groups in total. The van der Waals surface area contributed by atoms with Crippen LogP contribution in [0.1, 0.15) is 33.6 Å². The first kappa shape index (κ1) is 11.4. The molecule has 0 bridgehead atoms. The Balaban J connectivity index is 3.52. The summed E-state index contributed by atoms with van der Waals surface area (Å²) in [5.74, 6) is -0.294. The molecule has 1 unspecified atom stereocenters. The van der Waals surface area contributed by atoms with Crippen LogP contribution < -0.4 is 0 Å². The molecule has 0 aliphatic rings. The van der Waals surface area contributed by atoms with Gasteiger partial charge in [0.1, 0.15) is 0 Å². The number of rotatable bonds is 6. The Bertz CT molecular complexity index is 132. The maximum absolute atomic E-state index is 10.5. The number of carboxylic acids is 1. The lowest BCUT2D eigenvalue weighted by atomic mass is 10.1. The van der Waals surface area contributed by atoms with Gasteiger partial charge in [0.15, 0.2) is 6.10 Å². The van der Waals surface area contributed by atoms with Crippen molar-refractivity contribution in [2.24, 2.45) is 5.92 Å². The van der Waals surface area contributed by atoms with Crippen LogP contribution in [0.15, 0.2) is 0 Å². The van der Waals surface area contributed by atoms with Crippen molar-refractivity contribution >= 4 is 5.97 Å². The van der Waals surface area contributed by atoms with Crippen LogP contribution >= 0.6 is 0 Å². The number of aliphatic carboxylic acids is 1. The predicted octanol–water partition coefficient (Wildman–Crippen LogP) is 1.91. The summed E-state index contributed by atoms with van der Waals surface area (Å²) in [6.07, 6.45) is 0.834. The minimum atomic E-state index is -0.860. The normalized spacial score (nSPS) is 13.3. The fraction of sp³-hybridized carbons (Fsp3) is 0.889. The van der Waals surface area contributed by atoms with Gasteiger partial charge in [0.2, 0.25) is 0 Å². The average Bonchev–Trinajstić information content (AvgIpc) is 1.96. The fourth-order valence-electron chi connectivity index (χ4n) is 0.810. The second-order valence-electron chi connectivity index (χ2n) is 3.29. The molecule has 3 heteroatoms. The second-order valence-corrected chi connectivity index (χ2v) is 3.29. The molecule has 0 heterocycles. The van der Waals surface area contributed by atoms with E-state index in [0.29, 0.717) is 18.9 Å². The second kappa shape index (κ2) is 6.00. The molecule has 1 atom stereocenters. The largest absolute Gasteiger partial charge is 0.479 e. The molecule has 0 spiro atoms. The highest BCUT2D eigenvalue weighted by atomic mass is 16.5. The van der Waals surface area contributed by atoms with E-state index in [2.05, 4.69) is 13.8 Å². The Morgan fingerprint density at radius 3 is 2.42 bits per heavy atom. The van der Waals surface area contributed by atoms with Crippen LogP contribution in [0.5, 0.6) is 0 Å². The van der Waals surface area contributed by atoms with Gasteiger partial charge in [-0.2, -0.15) is 0 Å². The minimum absolute atomic E-state index is 0.535. The summed E-state index contributed by atoms with van der Waals surface area (Å²) in [4.78, 5) is 10.5. The molecule has 12 heavy (non-hydrogen) atoms. The highest BCUT2D eigenvalue weighted by Gasteiger charge is 2.14. The average molecular weight is 174 g/mol. The monoisotopic (exact) mass is 174 g/mol. The molecule has 0 aromatic rings. The molecular weight excluding hydrogens is 156 g/mol. The quantitative estimate of drug-likeness (QED) is 0.669. The molecule has 0 aliphatic heterocycles. The summed E-state index contributed by atoms with van der Waals surface area (Å²) in [5, 5.41) is 8.61. The van der Waals surface area contributed by atoms with E-state index in [1.165, 1.54) is 0 Å². The summed E-state index contributed by atoms with van der Waals surface area (Å²) in [6.45, 7) is 6.53. The molecule has 0 amide bonds. The first-order valence-corrected chi connectivity index (χ1v) is 4.42. The van der Waals surface area contributed by atoms with E-state index in [0.717, 1.165) is 6.42 Å². The zero-order valence-corrected chi connectivity index (χ0v) is 8.04. The third kappa shape index (κ3) is 5.13. The molecule has 0 saturated heterocycles. The van der Waals surface area contributed by atoms with Gasteiger partial charge < -0.3 is 9.84 Å². The smallest absolute Gasteiger partial charge is 0.332 e. The summed E-state index contributed by atoms with van der Waals surface area (Å²) >= 11 is 0. The van der Waals surface area contributed by atoms with Crippen LogP contribution in [-0.4, -0.2) is 23.8 Å². The van der Waals surface area contributed by atoms with E-state index in [9.17, 15) is 4.79 Å². The van der Waals surface area contributed by atoms with Crippen LogP contribution in [0.4, 0.5) is 0 Å². The molecule has 0 fully saturated rings. The lowest BCUT2D eigenvalue weighted by Gasteiger charge is -2.11. The Hall–Kier alpha value is -0.570. The Kier molecular flexibility index (Phi) is 5.72. The van der Waals surface area contributed by atoms with Gasteiger partial charge in [-0.3, -0.25) is 0 Å². The zero-order valence-electron chi connectivity index (χ0n) is 8.04. The van der Waals surface area contributed by atoms with Gasteiger partial charge in [0.25, 0.3) is 0 Å². The molecule has 0 saturated carbocycles. The first-order chi connectivity index (χ1) is 5.57. The SMILES string of the molecule is CCC(OCCC(C)C)C(=O)O. The number of carbonyl (C=O) groups is 1. The van der Waals surface area contributed by atoms with Crippen molar-refractivity contribution in [2.45, 2.75) is 39.7 Å². The van der Waals surface area contributed by atoms with Crippen molar-refractivity contribution in [1.29, 1.82) is 0 Å². The molecule has 0 aromatic heterocycles. The van der Waals surface area contributed by atoms with Gasteiger partial charge in [-0.1, -0.05) is 20.8 Å². The Morgan fingerprint density at radius 1 is 1.50 bits per heavy atom. The maximum Gasteiger partial charge on any atom is 0.332 e. The Morgan fingerprint density at radius 2 is 2.08 bits per heavy atom. The topological polar surface area (TPSA) is 46.5 Å². The van der Waals surface area contributed by atoms with Crippen molar-refractivity contribution in [1.82, 2.24) is 0 Å². The van der Waals surface area contributed by atoms with E-state index < -0.39 is 12.1 Å². The van der Waals surface area contributed by atoms with E-state index in [4.69, 9.17) is 9.84 Å². The molecule has 3 nitrogen and oxygen atoms in total. The van der Waals surface area contributed by atoms with Crippen LogP contribution in [0.25, 0.3) is 0 Å². The van der Waals surface area contributed by atoms with Crippen LogP contribution in [-0.2, 0) is 9.53 Å². The van der Waals surface area contributed by atoms with Crippen LogP contribution in [0, 0.1) is 5.92 Å². The van der Waals surface area contributed by atoms with E-state index in [1.807, 2.05) is 6.92 Å². The van der Waals surface area contributed by atoms with E-state index in [1.54, 1.807) is 0 Å². The molecule has 72 valence electrons. The number of hydrogen-bond donors (Lipinski definition) is 1. The summed E-state index contributed by atoms with van der Waals surface area (Å²) in [5.41, 5.74) is 0. The van der Waals surface area contributed by atoms with Crippen molar-refractivity contribution in [3.63, 3.8) is 0 Å². The van der Waals surface area contributed by atoms with Gasteiger partial charge in [0, 0.05) is 6.61 Å². The molecule has 0 aliphatic carbocycles. The molecular formula is C9H18O3. The predicted molar refractivity (Wildman–Crippen MR) is 47.1 cm³/mol. The van der Waals surface area contributed by atoms with Crippen molar-refractivity contribution in [3.8, 4) is 0 Å². The molecule has 0 aromatic carbocycles. The van der Waals surface area contributed by atoms with Crippen LogP contribution in [0.2, 0.25) is 0 Å². The van der Waals surface area contributed by atoms with Gasteiger partial charge >= 0.3 is 5.97 Å². The lowest BCUT2D eigenvalue weighted by Crippen LogP contribution is -2.23. The molecule has 0 rings (SSSR count). The highest BCUT2D eigenvalue weighted by Crippen LogP contribution is 2.03. The summed E-state index contributed by atoms with van der Waals surface area (Å²) < 4.78 is 5.16. The van der Waals surface area contributed by atoms with E-state index >= 15 is 0 Å². The van der Waals surface area contributed by atoms with Gasteiger partial charge in [-0.05, 0) is 18.8 Å². The van der Waals surface area contributed by atoms with E-state index in [-0.39, 0.29) is 0 Å². The minimum Gasteiger partial charge on any atom is -0.479 e.